The fourth-order valence-corrected chi connectivity index (χ4v) is 3.53. The van der Waals surface area contributed by atoms with E-state index in [1.807, 2.05) is 27.7 Å². The van der Waals surface area contributed by atoms with E-state index in [2.05, 4.69) is 10.6 Å². The highest BCUT2D eigenvalue weighted by atomic mass is 35.5. The quantitative estimate of drug-likeness (QED) is 0.752. The maximum absolute atomic E-state index is 12.7. The lowest BCUT2D eigenvalue weighted by molar-refractivity contribution is -0.134. The van der Waals surface area contributed by atoms with Gasteiger partial charge < -0.3 is 15.5 Å². The van der Waals surface area contributed by atoms with E-state index in [1.54, 1.807) is 11.0 Å². The molecule has 0 radical (unpaired) electrons. The van der Waals surface area contributed by atoms with E-state index in [-0.39, 0.29) is 34.4 Å². The van der Waals surface area contributed by atoms with Crippen LogP contribution in [0.3, 0.4) is 0 Å². The topological polar surface area (TPSA) is 78.5 Å². The fourth-order valence-electron chi connectivity index (χ4n) is 3.04. The van der Waals surface area contributed by atoms with Gasteiger partial charge in [0.25, 0.3) is 5.91 Å². The van der Waals surface area contributed by atoms with Crippen molar-refractivity contribution in [3.8, 4) is 0 Å². The molecule has 1 aromatic carbocycles. The number of hydrogen-bond donors (Lipinski definition) is 2. The van der Waals surface area contributed by atoms with Gasteiger partial charge in [-0.1, -0.05) is 37.0 Å². The second-order valence-electron chi connectivity index (χ2n) is 7.29. The number of likely N-dealkylation sites (tertiary alicyclic amines) is 1. The van der Waals surface area contributed by atoms with E-state index in [0.29, 0.717) is 18.0 Å². The molecule has 2 unspecified atom stereocenters. The van der Waals surface area contributed by atoms with Crippen LogP contribution in [-0.4, -0.2) is 47.3 Å². The summed E-state index contributed by atoms with van der Waals surface area (Å²) >= 11 is 11.9. The molecule has 0 aromatic heterocycles. The van der Waals surface area contributed by atoms with Crippen LogP contribution in [0.5, 0.6) is 0 Å². The number of carbonyl (C=O) groups is 3. The molecule has 1 aromatic rings. The van der Waals surface area contributed by atoms with Gasteiger partial charge in [-0.05, 0) is 44.4 Å². The fraction of sp³-hybridized carbons (Fsp3) is 0.526. The van der Waals surface area contributed by atoms with E-state index >= 15 is 0 Å². The minimum Gasteiger partial charge on any atom is -0.342 e. The van der Waals surface area contributed by atoms with Crippen LogP contribution in [0.25, 0.3) is 0 Å². The average molecular weight is 414 g/mol. The molecule has 1 heterocycles. The Balaban J connectivity index is 2.07. The molecule has 2 rings (SSSR count). The molecular formula is C19H25Cl2N3O3. The first-order valence-electron chi connectivity index (χ1n) is 8.98. The Morgan fingerprint density at radius 1 is 1.19 bits per heavy atom. The summed E-state index contributed by atoms with van der Waals surface area (Å²) in [6, 6.07) is 3.29. The third-order valence-electron chi connectivity index (χ3n) is 4.59. The molecule has 148 valence electrons. The number of benzene rings is 1. The van der Waals surface area contributed by atoms with Crippen LogP contribution in [0.1, 0.15) is 44.5 Å². The molecule has 0 saturated carbocycles. The number of nitrogens with zero attached hydrogens (tertiary/aromatic N) is 1. The lowest BCUT2D eigenvalue weighted by Gasteiger charge is -2.24. The van der Waals surface area contributed by atoms with Gasteiger partial charge in [-0.3, -0.25) is 14.4 Å². The van der Waals surface area contributed by atoms with Crippen molar-refractivity contribution < 1.29 is 14.4 Å². The lowest BCUT2D eigenvalue weighted by Crippen LogP contribution is -2.53. The highest BCUT2D eigenvalue weighted by Gasteiger charge is 2.36. The van der Waals surface area contributed by atoms with Crippen molar-refractivity contribution in [2.24, 2.45) is 5.92 Å². The highest BCUT2D eigenvalue weighted by Crippen LogP contribution is 2.21. The summed E-state index contributed by atoms with van der Waals surface area (Å²) in [6.07, 6.45) is 0.560. The summed E-state index contributed by atoms with van der Waals surface area (Å²) in [4.78, 5) is 39.4. The average Bonchev–Trinajstić information content (AvgIpc) is 2.92. The zero-order chi connectivity index (χ0) is 20.3. The summed E-state index contributed by atoms with van der Waals surface area (Å²) in [7, 11) is 0. The largest absolute Gasteiger partial charge is 0.342 e. The van der Waals surface area contributed by atoms with E-state index in [0.717, 1.165) is 0 Å². The number of halogens is 2. The molecule has 8 heteroatoms. The first-order valence-corrected chi connectivity index (χ1v) is 9.74. The van der Waals surface area contributed by atoms with Crippen molar-refractivity contribution in [3.05, 3.63) is 33.8 Å². The van der Waals surface area contributed by atoms with Crippen molar-refractivity contribution in [3.63, 3.8) is 0 Å². The number of rotatable bonds is 6. The molecule has 0 aliphatic carbocycles. The molecule has 0 spiro atoms. The zero-order valence-corrected chi connectivity index (χ0v) is 17.4. The Morgan fingerprint density at radius 3 is 2.37 bits per heavy atom. The SMILES string of the molecule is CC(C)C(NC(=O)c1ccc(Cl)cc1Cl)C(=O)NC1CCN(C(C)C)C1=O. The van der Waals surface area contributed by atoms with Crippen molar-refractivity contribution in [1.82, 2.24) is 15.5 Å². The van der Waals surface area contributed by atoms with Gasteiger partial charge in [-0.2, -0.15) is 0 Å². The predicted molar refractivity (Wildman–Crippen MR) is 106 cm³/mol. The van der Waals surface area contributed by atoms with Gasteiger partial charge in [-0.25, -0.2) is 0 Å². The second kappa shape index (κ2) is 8.93. The Hall–Kier alpha value is -1.79. The van der Waals surface area contributed by atoms with Crippen molar-refractivity contribution >= 4 is 40.9 Å². The molecule has 3 amide bonds. The predicted octanol–water partition coefficient (Wildman–Crippen LogP) is 2.87. The third kappa shape index (κ3) is 5.14. The number of hydrogen-bond acceptors (Lipinski definition) is 3. The normalized spacial score (nSPS) is 18.1. The molecule has 2 atom stereocenters. The van der Waals surface area contributed by atoms with E-state index in [9.17, 15) is 14.4 Å². The summed E-state index contributed by atoms with van der Waals surface area (Å²) in [5.74, 6) is -1.11. The summed E-state index contributed by atoms with van der Waals surface area (Å²) in [5.41, 5.74) is 0.238. The molecule has 27 heavy (non-hydrogen) atoms. The second-order valence-corrected chi connectivity index (χ2v) is 8.14. The molecule has 1 saturated heterocycles. The number of nitrogens with one attached hydrogen (secondary N) is 2. The van der Waals surface area contributed by atoms with Crippen molar-refractivity contribution in [2.45, 2.75) is 52.2 Å². The molecular weight excluding hydrogens is 389 g/mol. The summed E-state index contributed by atoms with van der Waals surface area (Å²) in [6.45, 7) is 8.14. The minimum atomic E-state index is -0.787. The van der Waals surface area contributed by atoms with Gasteiger partial charge in [0.05, 0.1) is 10.6 Å². The monoisotopic (exact) mass is 413 g/mol. The summed E-state index contributed by atoms with van der Waals surface area (Å²) in [5, 5.41) is 6.12. The van der Waals surface area contributed by atoms with Crippen LogP contribution in [-0.2, 0) is 9.59 Å². The highest BCUT2D eigenvalue weighted by molar-refractivity contribution is 6.36. The van der Waals surface area contributed by atoms with Crippen LogP contribution in [0.2, 0.25) is 10.0 Å². The van der Waals surface area contributed by atoms with Gasteiger partial charge in [0.2, 0.25) is 11.8 Å². The molecule has 2 N–H and O–H groups in total. The molecule has 0 bridgehead atoms. The standard InChI is InChI=1S/C19H25Cl2N3O3/c1-10(2)16(23-17(25)13-6-5-12(20)9-14(13)21)18(26)22-15-7-8-24(11(3)4)19(15)27/h5-6,9-11,15-16H,7-8H2,1-4H3,(H,22,26)(H,23,25). The third-order valence-corrected chi connectivity index (χ3v) is 5.14. The molecule has 1 aliphatic rings. The van der Waals surface area contributed by atoms with Gasteiger partial charge in [-0.15, -0.1) is 0 Å². The van der Waals surface area contributed by atoms with Crippen LogP contribution < -0.4 is 10.6 Å². The maximum Gasteiger partial charge on any atom is 0.253 e. The van der Waals surface area contributed by atoms with Crippen LogP contribution in [0.15, 0.2) is 18.2 Å². The van der Waals surface area contributed by atoms with Gasteiger partial charge in [0.15, 0.2) is 0 Å². The smallest absolute Gasteiger partial charge is 0.253 e. The summed E-state index contributed by atoms with van der Waals surface area (Å²) < 4.78 is 0. The number of carbonyl (C=O) groups excluding carboxylic acids is 3. The van der Waals surface area contributed by atoms with E-state index in [4.69, 9.17) is 23.2 Å². The van der Waals surface area contributed by atoms with E-state index < -0.39 is 18.0 Å². The van der Waals surface area contributed by atoms with Crippen LogP contribution in [0, 0.1) is 5.92 Å². The van der Waals surface area contributed by atoms with E-state index in [1.165, 1.54) is 12.1 Å². The van der Waals surface area contributed by atoms with Crippen LogP contribution >= 0.6 is 23.2 Å². The van der Waals surface area contributed by atoms with Crippen LogP contribution in [0.4, 0.5) is 0 Å². The van der Waals surface area contributed by atoms with Gasteiger partial charge in [0, 0.05) is 17.6 Å². The Morgan fingerprint density at radius 2 is 1.85 bits per heavy atom. The maximum atomic E-state index is 12.7. The van der Waals surface area contributed by atoms with Crippen molar-refractivity contribution in [1.29, 1.82) is 0 Å². The molecule has 6 nitrogen and oxygen atoms in total. The minimum absolute atomic E-state index is 0.0899. The first kappa shape index (κ1) is 21.5. The molecule has 1 fully saturated rings. The Kier molecular flexibility index (Phi) is 7.12. The number of amides is 3. The zero-order valence-electron chi connectivity index (χ0n) is 15.9. The Labute approximate surface area is 169 Å². The molecule has 1 aliphatic heterocycles. The Bertz CT molecular complexity index is 737. The first-order chi connectivity index (χ1) is 12.6. The van der Waals surface area contributed by atoms with Gasteiger partial charge in [0.1, 0.15) is 12.1 Å². The lowest BCUT2D eigenvalue weighted by atomic mass is 10.0. The van der Waals surface area contributed by atoms with Gasteiger partial charge >= 0.3 is 0 Å². The van der Waals surface area contributed by atoms with Crippen molar-refractivity contribution in [2.75, 3.05) is 6.54 Å².